The lowest BCUT2D eigenvalue weighted by Crippen LogP contribution is -2.34. The van der Waals surface area contributed by atoms with Crippen molar-refractivity contribution in [2.45, 2.75) is 45.2 Å². The molecule has 6 heteroatoms. The molecule has 1 saturated carbocycles. The molecule has 5 nitrogen and oxygen atoms in total. The third kappa shape index (κ3) is 5.55. The molecule has 2 atom stereocenters. The quantitative estimate of drug-likeness (QED) is 0.536. The molecule has 0 heterocycles. The van der Waals surface area contributed by atoms with Crippen LogP contribution < -0.4 is 11.1 Å². The average molecular weight is 466 g/mol. The van der Waals surface area contributed by atoms with E-state index in [2.05, 4.69) is 11.4 Å². The first-order valence-corrected chi connectivity index (χ1v) is 11.5. The van der Waals surface area contributed by atoms with E-state index >= 15 is 0 Å². The molecule has 0 bridgehead atoms. The minimum atomic E-state index is -0.0438. The second-order valence-corrected chi connectivity index (χ2v) is 8.58. The van der Waals surface area contributed by atoms with Crippen LogP contribution in [-0.2, 0) is 0 Å². The lowest BCUT2D eigenvalue weighted by Gasteiger charge is -2.19. The molecule has 1 fully saturated rings. The van der Waals surface area contributed by atoms with Gasteiger partial charge in [0, 0.05) is 36.3 Å². The number of carbonyl (C=O) groups excluding carboxylic acids is 2. The highest BCUT2D eigenvalue weighted by molar-refractivity contribution is 6.00. The smallest absolute Gasteiger partial charge is 0.253 e. The highest BCUT2D eigenvalue weighted by Crippen LogP contribution is 2.27. The average Bonchev–Trinajstić information content (AvgIpc) is 3.23. The van der Waals surface area contributed by atoms with E-state index in [1.807, 2.05) is 73.3 Å². The van der Waals surface area contributed by atoms with Crippen LogP contribution >= 0.6 is 12.4 Å². The van der Waals surface area contributed by atoms with Gasteiger partial charge in [-0.2, -0.15) is 0 Å². The van der Waals surface area contributed by atoms with Crippen molar-refractivity contribution < 1.29 is 9.59 Å². The molecular weight excluding hydrogens is 434 g/mol. The summed E-state index contributed by atoms with van der Waals surface area (Å²) in [5.41, 5.74) is 9.37. The zero-order valence-electron chi connectivity index (χ0n) is 19.2. The Morgan fingerprint density at radius 1 is 0.909 bits per heavy atom. The van der Waals surface area contributed by atoms with Crippen LogP contribution in [0, 0.1) is 0 Å². The molecule has 1 aliphatic carbocycles. The Kier molecular flexibility index (Phi) is 8.11. The van der Waals surface area contributed by atoms with Crippen LogP contribution in [0.25, 0.3) is 21.9 Å². The van der Waals surface area contributed by atoms with E-state index < -0.39 is 0 Å². The first kappa shape index (κ1) is 24.7. The molecular formula is C27H32ClN3O2. The zero-order valence-corrected chi connectivity index (χ0v) is 20.0. The van der Waals surface area contributed by atoms with Crippen LogP contribution in [0.2, 0.25) is 0 Å². The van der Waals surface area contributed by atoms with E-state index in [0.29, 0.717) is 24.2 Å². The summed E-state index contributed by atoms with van der Waals surface area (Å²) in [6.07, 6.45) is 2.76. The van der Waals surface area contributed by atoms with Gasteiger partial charge in [0.05, 0.1) is 0 Å². The normalized spacial score (nSPS) is 17.4. The fourth-order valence-corrected chi connectivity index (χ4v) is 4.51. The molecule has 0 aliphatic heterocycles. The van der Waals surface area contributed by atoms with Crippen molar-refractivity contribution >= 4 is 35.0 Å². The topological polar surface area (TPSA) is 75.4 Å². The van der Waals surface area contributed by atoms with Gasteiger partial charge in [-0.25, -0.2) is 0 Å². The zero-order chi connectivity index (χ0) is 22.7. The van der Waals surface area contributed by atoms with Gasteiger partial charge in [0.15, 0.2) is 0 Å². The van der Waals surface area contributed by atoms with Crippen molar-refractivity contribution in [3.05, 3.63) is 71.8 Å². The van der Waals surface area contributed by atoms with Crippen LogP contribution in [-0.4, -0.2) is 41.9 Å². The lowest BCUT2D eigenvalue weighted by molar-refractivity contribution is 0.0772. The van der Waals surface area contributed by atoms with Gasteiger partial charge in [0.2, 0.25) is 0 Å². The third-order valence-corrected chi connectivity index (χ3v) is 6.40. The van der Waals surface area contributed by atoms with Gasteiger partial charge in [-0.15, -0.1) is 12.4 Å². The van der Waals surface area contributed by atoms with E-state index in [0.717, 1.165) is 41.2 Å². The maximum Gasteiger partial charge on any atom is 0.253 e. The lowest BCUT2D eigenvalue weighted by atomic mass is 9.98. The Morgan fingerprint density at radius 2 is 1.61 bits per heavy atom. The Balaban J connectivity index is 0.00000306. The standard InChI is InChI=1S/C27H31N3O2.ClH/c1-3-30(4-2)27(32)23-7-5-6-18(16-23)19-8-9-21-15-22(11-10-20(21)14-19)26(31)29-25-13-12-24(28)17-25;/h5-11,14-16,24-25H,3-4,12-13,17,28H2,1-2H3,(H,29,31);1H/t24-,25+;/m0./s1. The molecule has 0 unspecified atom stereocenters. The van der Waals surface area contributed by atoms with Gasteiger partial charge in [-0.05, 0) is 85.3 Å². The van der Waals surface area contributed by atoms with Crippen molar-refractivity contribution in [3.8, 4) is 11.1 Å². The predicted octanol–water partition coefficient (Wildman–Crippen LogP) is 5.02. The minimum absolute atomic E-state index is 0. The molecule has 1 aliphatic rings. The summed E-state index contributed by atoms with van der Waals surface area (Å²) >= 11 is 0. The second-order valence-electron chi connectivity index (χ2n) is 8.58. The third-order valence-electron chi connectivity index (χ3n) is 6.40. The highest BCUT2D eigenvalue weighted by atomic mass is 35.5. The van der Waals surface area contributed by atoms with Crippen LogP contribution in [0.4, 0.5) is 0 Å². The first-order valence-electron chi connectivity index (χ1n) is 11.5. The number of nitrogens with zero attached hydrogens (tertiary/aromatic N) is 1. The molecule has 0 spiro atoms. The molecule has 2 amide bonds. The molecule has 4 rings (SSSR count). The van der Waals surface area contributed by atoms with Gasteiger partial charge >= 0.3 is 0 Å². The number of carbonyl (C=O) groups is 2. The molecule has 3 N–H and O–H groups in total. The number of nitrogens with one attached hydrogen (secondary N) is 1. The largest absolute Gasteiger partial charge is 0.349 e. The molecule has 174 valence electrons. The summed E-state index contributed by atoms with van der Waals surface area (Å²) in [5.74, 6) is 0.00852. The number of hydrogen-bond donors (Lipinski definition) is 2. The SMILES string of the molecule is CCN(CC)C(=O)c1cccc(-c2ccc3cc(C(=O)N[C@@H]4CC[C@H](N)C4)ccc3c2)c1.Cl. The van der Waals surface area contributed by atoms with E-state index in [9.17, 15) is 9.59 Å². The highest BCUT2D eigenvalue weighted by Gasteiger charge is 2.23. The van der Waals surface area contributed by atoms with Crippen LogP contribution in [0.5, 0.6) is 0 Å². The molecule has 0 radical (unpaired) electrons. The van der Waals surface area contributed by atoms with E-state index in [1.54, 1.807) is 0 Å². The number of amides is 2. The monoisotopic (exact) mass is 465 g/mol. The van der Waals surface area contributed by atoms with Crippen molar-refractivity contribution in [2.24, 2.45) is 5.73 Å². The van der Waals surface area contributed by atoms with Gasteiger partial charge in [-0.3, -0.25) is 9.59 Å². The van der Waals surface area contributed by atoms with Gasteiger partial charge in [-0.1, -0.05) is 30.3 Å². The number of rotatable bonds is 6. The van der Waals surface area contributed by atoms with Crippen LogP contribution in [0.3, 0.4) is 0 Å². The van der Waals surface area contributed by atoms with E-state index in [1.165, 1.54) is 0 Å². The Bertz CT molecular complexity index is 1140. The van der Waals surface area contributed by atoms with Crippen molar-refractivity contribution in [3.63, 3.8) is 0 Å². The number of benzene rings is 3. The number of fused-ring (bicyclic) bond motifs is 1. The molecule has 33 heavy (non-hydrogen) atoms. The van der Waals surface area contributed by atoms with Crippen molar-refractivity contribution in [1.29, 1.82) is 0 Å². The van der Waals surface area contributed by atoms with Gasteiger partial charge in [0.1, 0.15) is 0 Å². The van der Waals surface area contributed by atoms with Crippen LogP contribution in [0.1, 0.15) is 53.8 Å². The summed E-state index contributed by atoms with van der Waals surface area (Å²) in [6, 6.07) is 20.1. The van der Waals surface area contributed by atoms with E-state index in [-0.39, 0.29) is 36.3 Å². The van der Waals surface area contributed by atoms with Crippen molar-refractivity contribution in [2.75, 3.05) is 13.1 Å². The Hall–Kier alpha value is -2.89. The molecule has 3 aromatic rings. The maximum absolute atomic E-state index is 12.7. The summed E-state index contributed by atoms with van der Waals surface area (Å²) < 4.78 is 0. The Labute approximate surface area is 201 Å². The first-order chi connectivity index (χ1) is 15.5. The Morgan fingerprint density at radius 3 is 2.30 bits per heavy atom. The maximum atomic E-state index is 12.7. The predicted molar refractivity (Wildman–Crippen MR) is 137 cm³/mol. The molecule has 0 saturated heterocycles. The number of nitrogens with two attached hydrogens (primary N) is 1. The summed E-state index contributed by atoms with van der Waals surface area (Å²) in [7, 11) is 0. The fourth-order valence-electron chi connectivity index (χ4n) is 4.51. The minimum Gasteiger partial charge on any atom is -0.349 e. The molecule has 0 aromatic heterocycles. The van der Waals surface area contributed by atoms with Gasteiger partial charge in [0.25, 0.3) is 11.8 Å². The summed E-state index contributed by atoms with van der Waals surface area (Å²) in [5, 5.41) is 5.18. The van der Waals surface area contributed by atoms with Crippen molar-refractivity contribution in [1.82, 2.24) is 10.2 Å². The summed E-state index contributed by atoms with van der Waals surface area (Å²) in [6.45, 7) is 5.37. The van der Waals surface area contributed by atoms with E-state index in [4.69, 9.17) is 5.73 Å². The number of halogens is 1. The summed E-state index contributed by atoms with van der Waals surface area (Å²) in [4.78, 5) is 27.2. The number of hydrogen-bond acceptors (Lipinski definition) is 3. The molecule has 3 aromatic carbocycles. The second kappa shape index (κ2) is 10.8. The van der Waals surface area contributed by atoms with Gasteiger partial charge < -0.3 is 16.0 Å². The fraction of sp³-hybridized carbons (Fsp3) is 0.333. The van der Waals surface area contributed by atoms with Crippen LogP contribution in [0.15, 0.2) is 60.7 Å².